The van der Waals surface area contributed by atoms with E-state index in [1.54, 1.807) is 5.56 Å². The van der Waals surface area contributed by atoms with Crippen LogP contribution in [0, 0.1) is 18.3 Å². The number of para-hydroxylation sites is 1. The molecule has 1 fully saturated rings. The van der Waals surface area contributed by atoms with E-state index in [9.17, 15) is 4.79 Å². The second-order valence-corrected chi connectivity index (χ2v) is 12.0. The first-order chi connectivity index (χ1) is 20.8. The van der Waals surface area contributed by atoms with Crippen LogP contribution in [0.1, 0.15) is 115 Å². The van der Waals surface area contributed by atoms with Crippen molar-refractivity contribution in [2.75, 3.05) is 37.7 Å². The zero-order valence-electron chi connectivity index (χ0n) is 28.1. The van der Waals surface area contributed by atoms with Gasteiger partial charge in [0, 0.05) is 30.2 Å². The number of hydrogen-bond donors (Lipinski definition) is 4. The highest BCUT2D eigenvalue weighted by atomic mass is 32.1. The van der Waals surface area contributed by atoms with Crippen molar-refractivity contribution < 1.29 is 4.79 Å². The minimum Gasteiger partial charge on any atom is -0.399 e. The molecule has 2 aromatic rings. The average Bonchev–Trinajstić information content (AvgIpc) is 3.04. The number of unbranched alkanes of at least 4 members (excludes halogenated alkanes) is 1. The molecule has 6 heteroatoms. The Balaban J connectivity index is 0.000000585. The monoisotopic (exact) mass is 612 g/mol. The number of nitrogens with two attached hydrogens (primary N) is 1. The lowest BCUT2D eigenvalue weighted by atomic mass is 9.85. The fourth-order valence-electron chi connectivity index (χ4n) is 4.93. The minimum atomic E-state index is 0.625. The van der Waals surface area contributed by atoms with Crippen molar-refractivity contribution in [1.82, 2.24) is 10.2 Å². The Bertz CT molecular complexity index is 918. The van der Waals surface area contributed by atoms with Crippen LogP contribution in [0.2, 0.25) is 0 Å². The van der Waals surface area contributed by atoms with Gasteiger partial charge in [0.2, 0.25) is 6.41 Å². The molecule has 244 valence electrons. The Morgan fingerprint density at radius 3 is 2.14 bits per heavy atom. The van der Waals surface area contributed by atoms with E-state index in [2.05, 4.69) is 81.7 Å². The van der Waals surface area contributed by atoms with Crippen molar-refractivity contribution in [1.29, 1.82) is 5.41 Å². The summed E-state index contributed by atoms with van der Waals surface area (Å²) in [6.45, 7) is 15.6. The summed E-state index contributed by atoms with van der Waals surface area (Å²) < 4.78 is 0. The van der Waals surface area contributed by atoms with Gasteiger partial charge < -0.3 is 21.4 Å². The molecule has 2 unspecified atom stereocenters. The van der Waals surface area contributed by atoms with E-state index in [0.717, 1.165) is 55.6 Å². The SMILES string of the molecule is CCCC(CCC(C)CC)c1ccccc1C.CCCCC(=N)CS.Nc1ccccc1.O=CNCCN1CCCCC1. The molecule has 0 bridgehead atoms. The summed E-state index contributed by atoms with van der Waals surface area (Å²) in [7, 11) is 0. The summed E-state index contributed by atoms with van der Waals surface area (Å²) in [6.07, 6.45) is 14.7. The Morgan fingerprint density at radius 2 is 1.63 bits per heavy atom. The van der Waals surface area contributed by atoms with E-state index in [4.69, 9.17) is 11.1 Å². The number of nitrogens with one attached hydrogen (secondary N) is 2. The third-order valence-electron chi connectivity index (χ3n) is 7.90. The van der Waals surface area contributed by atoms with Crippen LogP contribution in [0.4, 0.5) is 5.69 Å². The van der Waals surface area contributed by atoms with Gasteiger partial charge in [-0.2, -0.15) is 12.6 Å². The lowest BCUT2D eigenvalue weighted by Crippen LogP contribution is -2.35. The lowest BCUT2D eigenvalue weighted by Gasteiger charge is -2.25. The van der Waals surface area contributed by atoms with Crippen molar-refractivity contribution in [3.63, 3.8) is 0 Å². The van der Waals surface area contributed by atoms with Crippen LogP contribution < -0.4 is 11.1 Å². The van der Waals surface area contributed by atoms with Crippen molar-refractivity contribution in [2.24, 2.45) is 5.92 Å². The van der Waals surface area contributed by atoms with E-state index >= 15 is 0 Å². The molecule has 1 saturated heterocycles. The molecule has 43 heavy (non-hydrogen) atoms. The molecule has 3 rings (SSSR count). The number of carbonyl (C=O) groups is 1. The van der Waals surface area contributed by atoms with Crippen LogP contribution in [0.3, 0.4) is 0 Å². The Hall–Kier alpha value is -2.31. The smallest absolute Gasteiger partial charge is 0.207 e. The van der Waals surface area contributed by atoms with E-state index in [0.29, 0.717) is 5.75 Å². The standard InChI is InChI=1S/C17H28.C8H16N2O.C6H13NS.C6H7N/c1-5-9-16(13-12-14(3)6-2)17-11-8-7-10-15(17)4;11-8-9-4-7-10-5-2-1-3-6-10;1-2-3-4-6(7)5-8;7-6-4-2-1-3-5-6/h7-8,10-11,14,16H,5-6,9,12-13H2,1-4H3;8H,1-7H2,(H,9,11);7-8H,2-5H2,1H3;1-5H,7H2. The molecule has 0 radical (unpaired) electrons. The second kappa shape index (κ2) is 28.5. The molecular weight excluding hydrogens is 549 g/mol. The largest absolute Gasteiger partial charge is 0.399 e. The van der Waals surface area contributed by atoms with Gasteiger partial charge in [0.05, 0.1) is 0 Å². The minimum absolute atomic E-state index is 0.625. The number of nitrogens with zero attached hydrogens (tertiary/aromatic N) is 1. The third kappa shape index (κ3) is 22.8. The van der Waals surface area contributed by atoms with Crippen LogP contribution >= 0.6 is 12.6 Å². The van der Waals surface area contributed by atoms with Gasteiger partial charge in [0.1, 0.15) is 0 Å². The molecule has 1 aliphatic rings. The molecule has 0 aliphatic carbocycles. The summed E-state index contributed by atoms with van der Waals surface area (Å²) in [5, 5.41) is 9.84. The van der Waals surface area contributed by atoms with Crippen LogP contribution in [-0.4, -0.2) is 49.0 Å². The quantitative estimate of drug-likeness (QED) is 0.0532. The number of carbonyl (C=O) groups excluding carboxylic acids is 1. The van der Waals surface area contributed by atoms with Gasteiger partial charge in [-0.05, 0) is 93.6 Å². The maximum Gasteiger partial charge on any atom is 0.207 e. The predicted octanol–water partition coefficient (Wildman–Crippen LogP) is 9.32. The van der Waals surface area contributed by atoms with E-state index in [-0.39, 0.29) is 0 Å². The van der Waals surface area contributed by atoms with Gasteiger partial charge in [-0.25, -0.2) is 0 Å². The number of nitrogen functional groups attached to an aromatic ring is 1. The van der Waals surface area contributed by atoms with Crippen molar-refractivity contribution >= 4 is 30.4 Å². The summed E-state index contributed by atoms with van der Waals surface area (Å²) in [4.78, 5) is 12.3. The van der Waals surface area contributed by atoms with Crippen LogP contribution in [0.15, 0.2) is 54.6 Å². The molecule has 0 saturated carbocycles. The molecule has 1 heterocycles. The second-order valence-electron chi connectivity index (χ2n) is 11.7. The first-order valence-electron chi connectivity index (χ1n) is 16.7. The van der Waals surface area contributed by atoms with Gasteiger partial charge in [-0.3, -0.25) is 4.79 Å². The van der Waals surface area contributed by atoms with Gasteiger partial charge in [-0.15, -0.1) is 0 Å². The first kappa shape index (κ1) is 40.7. The first-order valence-corrected chi connectivity index (χ1v) is 17.4. The summed E-state index contributed by atoms with van der Waals surface area (Å²) in [6, 6.07) is 18.4. The van der Waals surface area contributed by atoms with E-state index < -0.39 is 0 Å². The molecule has 2 atom stereocenters. The number of likely N-dealkylation sites (tertiary alicyclic amines) is 1. The molecule has 0 aromatic heterocycles. The number of thiol groups is 1. The number of benzene rings is 2. The molecule has 1 aliphatic heterocycles. The van der Waals surface area contributed by atoms with Crippen molar-refractivity contribution in [3.05, 3.63) is 65.7 Å². The molecule has 5 nitrogen and oxygen atoms in total. The predicted molar refractivity (Wildman–Crippen MR) is 194 cm³/mol. The molecule has 0 spiro atoms. The van der Waals surface area contributed by atoms with E-state index in [1.165, 1.54) is 76.4 Å². The Kier molecular flexibility index (Phi) is 26.9. The number of hydrogen-bond acceptors (Lipinski definition) is 5. The Labute approximate surface area is 270 Å². The number of aryl methyl sites for hydroxylation is 1. The summed E-state index contributed by atoms with van der Waals surface area (Å²) >= 11 is 3.96. The highest BCUT2D eigenvalue weighted by Gasteiger charge is 2.13. The maximum absolute atomic E-state index is 9.92. The highest BCUT2D eigenvalue weighted by Crippen LogP contribution is 2.30. The summed E-state index contributed by atoms with van der Waals surface area (Å²) in [5.74, 6) is 2.27. The van der Waals surface area contributed by atoms with Gasteiger partial charge in [0.15, 0.2) is 0 Å². The van der Waals surface area contributed by atoms with Gasteiger partial charge >= 0.3 is 0 Å². The highest BCUT2D eigenvalue weighted by molar-refractivity contribution is 7.81. The van der Waals surface area contributed by atoms with Crippen molar-refractivity contribution in [2.45, 2.75) is 111 Å². The number of rotatable bonds is 15. The van der Waals surface area contributed by atoms with Crippen LogP contribution in [0.25, 0.3) is 0 Å². The summed E-state index contributed by atoms with van der Waals surface area (Å²) in [5.41, 5.74) is 9.99. The molecular formula is C37H64N4OS. The van der Waals surface area contributed by atoms with Crippen LogP contribution in [0.5, 0.6) is 0 Å². The van der Waals surface area contributed by atoms with Gasteiger partial charge in [0.25, 0.3) is 0 Å². The molecule has 2 aromatic carbocycles. The Morgan fingerprint density at radius 1 is 0.977 bits per heavy atom. The third-order valence-corrected chi connectivity index (χ3v) is 8.28. The fourth-order valence-corrected chi connectivity index (χ4v) is 5.08. The van der Waals surface area contributed by atoms with Crippen LogP contribution in [-0.2, 0) is 4.79 Å². The van der Waals surface area contributed by atoms with E-state index in [1.807, 2.05) is 30.3 Å². The number of anilines is 1. The lowest BCUT2D eigenvalue weighted by molar-refractivity contribution is -0.109. The van der Waals surface area contributed by atoms with Gasteiger partial charge in [-0.1, -0.05) is 102 Å². The number of amides is 1. The zero-order chi connectivity index (χ0) is 32.1. The average molecular weight is 613 g/mol. The molecule has 4 N–H and O–H groups in total. The topological polar surface area (TPSA) is 82.2 Å². The maximum atomic E-state index is 9.92. The number of piperidine rings is 1. The molecule has 1 amide bonds. The van der Waals surface area contributed by atoms with Crippen molar-refractivity contribution in [3.8, 4) is 0 Å². The zero-order valence-corrected chi connectivity index (χ0v) is 29.0. The normalized spacial score (nSPS) is 13.9. The fraction of sp³-hybridized carbons (Fsp3) is 0.622.